The summed E-state index contributed by atoms with van der Waals surface area (Å²) in [6.07, 6.45) is 0. The summed E-state index contributed by atoms with van der Waals surface area (Å²) in [5.74, 6) is -0.517. The second-order valence-corrected chi connectivity index (χ2v) is 4.99. The first-order valence-electron chi connectivity index (χ1n) is 5.36. The molecule has 18 heavy (non-hydrogen) atoms. The van der Waals surface area contributed by atoms with E-state index in [9.17, 15) is 4.79 Å². The highest BCUT2D eigenvalue weighted by atomic mass is 32.2. The van der Waals surface area contributed by atoms with Crippen LogP contribution in [0.3, 0.4) is 0 Å². The van der Waals surface area contributed by atoms with Gasteiger partial charge in [0.05, 0.1) is 22.0 Å². The van der Waals surface area contributed by atoms with Crippen LogP contribution in [-0.2, 0) is 7.05 Å². The highest BCUT2D eigenvalue weighted by Gasteiger charge is 2.12. The van der Waals surface area contributed by atoms with E-state index in [1.807, 2.05) is 26.1 Å². The van der Waals surface area contributed by atoms with Gasteiger partial charge in [0.1, 0.15) is 0 Å². The van der Waals surface area contributed by atoms with E-state index in [4.69, 9.17) is 11.5 Å². The molecule has 1 heterocycles. The Kier molecular flexibility index (Phi) is 3.29. The first kappa shape index (κ1) is 12.5. The Bertz CT molecular complexity index is 606. The van der Waals surface area contributed by atoms with Crippen molar-refractivity contribution in [3.8, 4) is 0 Å². The lowest BCUT2D eigenvalue weighted by molar-refractivity contribution is 0.100. The molecule has 0 unspecified atom stereocenters. The third-order valence-electron chi connectivity index (χ3n) is 2.51. The number of hydrogen-bond acceptors (Lipinski definition) is 4. The number of primary amides is 1. The van der Waals surface area contributed by atoms with Gasteiger partial charge in [0.15, 0.2) is 0 Å². The summed E-state index contributed by atoms with van der Waals surface area (Å²) in [6.45, 7) is 1.92. The van der Waals surface area contributed by atoms with E-state index in [1.54, 1.807) is 16.8 Å². The number of nitrogen functional groups attached to an aromatic ring is 1. The summed E-state index contributed by atoms with van der Waals surface area (Å²) in [4.78, 5) is 12.0. The Labute approximate surface area is 109 Å². The van der Waals surface area contributed by atoms with E-state index < -0.39 is 5.91 Å². The molecule has 0 spiro atoms. The van der Waals surface area contributed by atoms with Crippen molar-refractivity contribution >= 4 is 23.4 Å². The lowest BCUT2D eigenvalue weighted by Gasteiger charge is -2.08. The monoisotopic (exact) mass is 262 g/mol. The van der Waals surface area contributed by atoms with Crippen LogP contribution in [0.15, 0.2) is 34.2 Å². The number of anilines is 1. The summed E-state index contributed by atoms with van der Waals surface area (Å²) in [5.41, 5.74) is 12.9. The summed E-state index contributed by atoms with van der Waals surface area (Å²) in [6, 6.07) is 7.20. The normalized spacial score (nSPS) is 10.6. The van der Waals surface area contributed by atoms with Gasteiger partial charge in [-0.2, -0.15) is 5.10 Å². The molecule has 2 rings (SSSR count). The minimum Gasteiger partial charge on any atom is -0.397 e. The van der Waals surface area contributed by atoms with Gasteiger partial charge >= 0.3 is 0 Å². The van der Waals surface area contributed by atoms with Gasteiger partial charge in [0, 0.05) is 11.9 Å². The Morgan fingerprint density at radius 1 is 1.44 bits per heavy atom. The highest BCUT2D eigenvalue weighted by molar-refractivity contribution is 7.99. The fourth-order valence-corrected chi connectivity index (χ4v) is 2.64. The maximum absolute atomic E-state index is 11.2. The van der Waals surface area contributed by atoms with Crippen LogP contribution < -0.4 is 11.5 Å². The molecule has 5 nitrogen and oxygen atoms in total. The average molecular weight is 262 g/mol. The summed E-state index contributed by atoms with van der Waals surface area (Å²) in [5, 5.41) is 5.22. The molecule has 6 heteroatoms. The molecule has 0 radical (unpaired) electrons. The molecule has 1 amide bonds. The van der Waals surface area contributed by atoms with Gasteiger partial charge in [-0.1, -0.05) is 17.8 Å². The second-order valence-electron chi connectivity index (χ2n) is 3.93. The van der Waals surface area contributed by atoms with Crippen molar-refractivity contribution in [2.75, 3.05) is 5.73 Å². The van der Waals surface area contributed by atoms with Crippen molar-refractivity contribution in [3.05, 3.63) is 35.5 Å². The molecule has 0 fully saturated rings. The zero-order chi connectivity index (χ0) is 13.3. The van der Waals surface area contributed by atoms with Gasteiger partial charge in [0.2, 0.25) is 0 Å². The SMILES string of the molecule is Cc1cc(Sc2cccc(C(N)=O)c2N)n(C)n1. The number of benzene rings is 1. The molecule has 0 aliphatic rings. The van der Waals surface area contributed by atoms with Crippen LogP contribution in [0, 0.1) is 6.92 Å². The molecule has 0 aliphatic heterocycles. The maximum atomic E-state index is 11.2. The van der Waals surface area contributed by atoms with Gasteiger partial charge in [0.25, 0.3) is 5.91 Å². The van der Waals surface area contributed by atoms with Crippen molar-refractivity contribution in [2.24, 2.45) is 12.8 Å². The minimum absolute atomic E-state index is 0.346. The van der Waals surface area contributed by atoms with E-state index in [1.165, 1.54) is 11.8 Å². The molecule has 4 N–H and O–H groups in total. The number of carbonyl (C=O) groups is 1. The fourth-order valence-electron chi connectivity index (χ4n) is 1.64. The van der Waals surface area contributed by atoms with Crippen LogP contribution in [0.2, 0.25) is 0 Å². The largest absolute Gasteiger partial charge is 0.397 e. The standard InChI is InChI=1S/C12H14N4OS/c1-7-6-10(16(2)15-7)18-9-5-3-4-8(11(9)13)12(14)17/h3-6H,13H2,1-2H3,(H2,14,17). The Hall–Kier alpha value is -1.95. The molecule has 0 saturated carbocycles. The highest BCUT2D eigenvalue weighted by Crippen LogP contribution is 2.33. The van der Waals surface area contributed by atoms with Gasteiger partial charge in [-0.15, -0.1) is 0 Å². The van der Waals surface area contributed by atoms with Crippen LogP contribution in [0.5, 0.6) is 0 Å². The van der Waals surface area contributed by atoms with Crippen molar-refractivity contribution < 1.29 is 4.79 Å². The van der Waals surface area contributed by atoms with Gasteiger partial charge < -0.3 is 11.5 Å². The Morgan fingerprint density at radius 3 is 2.72 bits per heavy atom. The lowest BCUT2D eigenvalue weighted by atomic mass is 10.2. The van der Waals surface area contributed by atoms with Crippen LogP contribution in [0.25, 0.3) is 0 Å². The number of para-hydroxylation sites is 1. The van der Waals surface area contributed by atoms with Gasteiger partial charge in [-0.25, -0.2) is 0 Å². The third-order valence-corrected chi connectivity index (χ3v) is 3.67. The van der Waals surface area contributed by atoms with Crippen molar-refractivity contribution in [2.45, 2.75) is 16.8 Å². The predicted molar refractivity (Wildman–Crippen MR) is 71.4 cm³/mol. The molecule has 0 aliphatic carbocycles. The number of hydrogen-bond donors (Lipinski definition) is 2. The molecule has 0 bridgehead atoms. The number of rotatable bonds is 3. The number of carbonyl (C=O) groups excluding carboxylic acids is 1. The van der Waals surface area contributed by atoms with Crippen LogP contribution in [-0.4, -0.2) is 15.7 Å². The van der Waals surface area contributed by atoms with E-state index in [-0.39, 0.29) is 0 Å². The molecule has 0 atom stereocenters. The zero-order valence-corrected chi connectivity index (χ0v) is 11.0. The zero-order valence-electron chi connectivity index (χ0n) is 10.2. The van der Waals surface area contributed by atoms with E-state index in [0.717, 1.165) is 15.6 Å². The van der Waals surface area contributed by atoms with Crippen molar-refractivity contribution in [1.29, 1.82) is 0 Å². The molecule has 1 aromatic heterocycles. The van der Waals surface area contributed by atoms with Crippen molar-refractivity contribution in [3.63, 3.8) is 0 Å². The maximum Gasteiger partial charge on any atom is 0.250 e. The molecule has 0 saturated heterocycles. The number of nitrogens with two attached hydrogens (primary N) is 2. The molecule has 2 aromatic rings. The second kappa shape index (κ2) is 4.73. The minimum atomic E-state index is -0.517. The smallest absolute Gasteiger partial charge is 0.250 e. The number of aromatic nitrogens is 2. The summed E-state index contributed by atoms with van der Waals surface area (Å²) >= 11 is 1.46. The molecule has 1 aromatic carbocycles. The number of aryl methyl sites for hydroxylation is 2. The Morgan fingerprint density at radius 2 is 2.17 bits per heavy atom. The fraction of sp³-hybridized carbons (Fsp3) is 0.167. The summed E-state index contributed by atoms with van der Waals surface area (Å²) < 4.78 is 1.77. The average Bonchev–Trinajstić information content (AvgIpc) is 2.60. The number of amides is 1. The Balaban J connectivity index is 2.38. The first-order chi connectivity index (χ1) is 8.49. The van der Waals surface area contributed by atoms with Crippen LogP contribution in [0.4, 0.5) is 5.69 Å². The van der Waals surface area contributed by atoms with E-state index in [2.05, 4.69) is 5.10 Å². The topological polar surface area (TPSA) is 86.9 Å². The van der Waals surface area contributed by atoms with Gasteiger partial charge in [-0.3, -0.25) is 9.48 Å². The van der Waals surface area contributed by atoms with Crippen LogP contribution in [0.1, 0.15) is 16.1 Å². The van der Waals surface area contributed by atoms with Gasteiger partial charge in [-0.05, 0) is 25.1 Å². The van der Waals surface area contributed by atoms with E-state index in [0.29, 0.717) is 11.3 Å². The molecule has 94 valence electrons. The van der Waals surface area contributed by atoms with Crippen LogP contribution >= 0.6 is 11.8 Å². The number of nitrogens with zero attached hydrogens (tertiary/aromatic N) is 2. The van der Waals surface area contributed by atoms with Crippen molar-refractivity contribution in [1.82, 2.24) is 9.78 Å². The molecular weight excluding hydrogens is 248 g/mol. The van der Waals surface area contributed by atoms with E-state index >= 15 is 0 Å². The third kappa shape index (κ3) is 2.33. The predicted octanol–water partition coefficient (Wildman–Crippen LogP) is 1.56. The molecular formula is C12H14N4OS. The lowest BCUT2D eigenvalue weighted by Crippen LogP contribution is -2.13. The quantitative estimate of drug-likeness (QED) is 0.822. The summed E-state index contributed by atoms with van der Waals surface area (Å²) in [7, 11) is 1.86. The first-order valence-corrected chi connectivity index (χ1v) is 6.17.